The second-order valence-corrected chi connectivity index (χ2v) is 11.7. The average Bonchev–Trinajstić information content (AvgIpc) is 3.72. The fourth-order valence-electron chi connectivity index (χ4n) is 8.13. The number of nitrogens with zero attached hydrogens (tertiary/aromatic N) is 4. The summed E-state index contributed by atoms with van der Waals surface area (Å²) in [7, 11) is 0. The minimum atomic E-state index is -0.228. The Morgan fingerprint density at radius 2 is 0.806 bits per heavy atom. The molecule has 0 aromatic heterocycles. The number of ether oxygens (including phenoxy) is 2. The van der Waals surface area contributed by atoms with E-state index in [0.29, 0.717) is 13.1 Å². The predicted molar refractivity (Wildman–Crippen MR) is 125 cm³/mol. The van der Waals surface area contributed by atoms with Crippen molar-refractivity contribution in [1.82, 2.24) is 19.6 Å². The molecule has 4 bridgehead atoms. The van der Waals surface area contributed by atoms with Gasteiger partial charge in [0.05, 0.1) is 48.1 Å². The number of rotatable bonds is 8. The summed E-state index contributed by atoms with van der Waals surface area (Å²) in [6.45, 7) is 6.61. The van der Waals surface area contributed by atoms with Gasteiger partial charge < -0.3 is 19.3 Å². The highest BCUT2D eigenvalue weighted by Gasteiger charge is 2.63. The van der Waals surface area contributed by atoms with Gasteiger partial charge in [-0.25, -0.2) is 0 Å². The quantitative estimate of drug-likeness (QED) is 0.420. The molecular formula is C26H36N4O6. The Morgan fingerprint density at radius 3 is 1.11 bits per heavy atom. The van der Waals surface area contributed by atoms with Crippen LogP contribution in [0.2, 0.25) is 0 Å². The van der Waals surface area contributed by atoms with Gasteiger partial charge in [-0.05, 0) is 51.6 Å². The first kappa shape index (κ1) is 23.3. The molecule has 7 saturated heterocycles. The van der Waals surface area contributed by atoms with Gasteiger partial charge >= 0.3 is 0 Å². The molecule has 7 rings (SSSR count). The van der Waals surface area contributed by atoms with Crippen LogP contribution in [0.5, 0.6) is 0 Å². The van der Waals surface area contributed by atoms with Crippen LogP contribution in [0.25, 0.3) is 0 Å². The summed E-state index contributed by atoms with van der Waals surface area (Å²) in [4.78, 5) is 59.0. The molecule has 7 fully saturated rings. The summed E-state index contributed by atoms with van der Waals surface area (Å²) < 4.78 is 11.6. The molecule has 0 N–H and O–H groups in total. The average molecular weight is 501 g/mol. The van der Waals surface area contributed by atoms with Crippen LogP contribution in [-0.2, 0) is 28.7 Å². The third kappa shape index (κ3) is 3.51. The van der Waals surface area contributed by atoms with Crippen molar-refractivity contribution in [2.24, 2.45) is 23.7 Å². The smallest absolute Gasteiger partial charge is 0.235 e. The number of hydrogen-bond donors (Lipinski definition) is 0. The van der Waals surface area contributed by atoms with Crippen LogP contribution >= 0.6 is 0 Å². The predicted octanol–water partition coefficient (Wildman–Crippen LogP) is -0.291. The van der Waals surface area contributed by atoms with Crippen LogP contribution in [0.3, 0.4) is 0 Å². The minimum Gasteiger partial charge on any atom is -0.373 e. The first-order chi connectivity index (χ1) is 17.5. The Hall–Kier alpha value is -1.88. The largest absolute Gasteiger partial charge is 0.373 e. The molecule has 7 heterocycles. The van der Waals surface area contributed by atoms with Crippen LogP contribution in [0.1, 0.15) is 38.5 Å². The first-order valence-electron chi connectivity index (χ1n) is 14.0. The molecule has 0 aromatic carbocycles. The SMILES string of the molecule is O=C1[C@@H]2C3CCC(O3)[C@@H]2C(=O)N1CCCN1CCN(CCCN2C(=O)[C@@H]3C4CCC(O4)[C@@H]3C2=O)CC1. The van der Waals surface area contributed by atoms with E-state index >= 15 is 0 Å². The topological polar surface area (TPSA) is 99.7 Å². The third-order valence-corrected chi connectivity index (χ3v) is 9.93. The highest BCUT2D eigenvalue weighted by atomic mass is 16.5. The van der Waals surface area contributed by atoms with Crippen molar-refractivity contribution >= 4 is 23.6 Å². The summed E-state index contributed by atoms with van der Waals surface area (Å²) in [6, 6.07) is 0. The van der Waals surface area contributed by atoms with E-state index in [1.807, 2.05) is 0 Å². The lowest BCUT2D eigenvalue weighted by Crippen LogP contribution is -2.47. The monoisotopic (exact) mass is 500 g/mol. The Labute approximate surface area is 211 Å². The second-order valence-electron chi connectivity index (χ2n) is 11.7. The molecular weight excluding hydrogens is 464 g/mol. The van der Waals surface area contributed by atoms with Gasteiger partial charge in [0.1, 0.15) is 0 Å². The maximum Gasteiger partial charge on any atom is 0.235 e. The Morgan fingerprint density at radius 1 is 0.500 bits per heavy atom. The van der Waals surface area contributed by atoms with Crippen LogP contribution in [0.15, 0.2) is 0 Å². The highest BCUT2D eigenvalue weighted by molar-refractivity contribution is 6.07. The Balaban J connectivity index is 0.817. The van der Waals surface area contributed by atoms with Crippen molar-refractivity contribution in [3.63, 3.8) is 0 Å². The first-order valence-corrected chi connectivity index (χ1v) is 14.0. The zero-order valence-electron chi connectivity index (χ0n) is 20.8. The maximum atomic E-state index is 12.8. The van der Waals surface area contributed by atoms with Gasteiger partial charge in [0, 0.05) is 39.3 Å². The van der Waals surface area contributed by atoms with Gasteiger partial charge in [-0.3, -0.25) is 29.0 Å². The van der Waals surface area contributed by atoms with Crippen molar-refractivity contribution in [2.45, 2.75) is 62.9 Å². The summed E-state index contributed by atoms with van der Waals surface area (Å²) in [5.41, 5.74) is 0. The van der Waals surface area contributed by atoms with Gasteiger partial charge in [-0.15, -0.1) is 0 Å². The van der Waals surface area contributed by atoms with Crippen LogP contribution in [0.4, 0.5) is 0 Å². The summed E-state index contributed by atoms with van der Waals surface area (Å²) in [5, 5.41) is 0. The van der Waals surface area contributed by atoms with E-state index in [4.69, 9.17) is 9.47 Å². The molecule has 196 valence electrons. The van der Waals surface area contributed by atoms with Crippen LogP contribution in [-0.4, -0.2) is 120 Å². The van der Waals surface area contributed by atoms with Crippen LogP contribution in [0, 0.1) is 23.7 Å². The number of hydrogen-bond acceptors (Lipinski definition) is 8. The lowest BCUT2D eigenvalue weighted by atomic mass is 9.81. The van der Waals surface area contributed by atoms with E-state index in [1.54, 1.807) is 0 Å². The van der Waals surface area contributed by atoms with Gasteiger partial charge in [-0.1, -0.05) is 0 Å². The van der Waals surface area contributed by atoms with E-state index in [1.165, 1.54) is 9.80 Å². The normalized spacial score (nSPS) is 41.9. The second kappa shape index (κ2) is 8.85. The van der Waals surface area contributed by atoms with E-state index in [9.17, 15) is 19.2 Å². The van der Waals surface area contributed by atoms with Gasteiger partial charge in [-0.2, -0.15) is 0 Å². The van der Waals surface area contributed by atoms with Crippen molar-refractivity contribution in [2.75, 3.05) is 52.4 Å². The fraction of sp³-hybridized carbons (Fsp3) is 0.846. The third-order valence-electron chi connectivity index (χ3n) is 9.93. The maximum absolute atomic E-state index is 12.8. The van der Waals surface area contributed by atoms with Gasteiger partial charge in [0.2, 0.25) is 23.6 Å². The summed E-state index contributed by atoms with van der Waals surface area (Å²) in [6.07, 6.45) is 5.07. The number of fused-ring (bicyclic) bond motifs is 10. The molecule has 0 saturated carbocycles. The van der Waals surface area contributed by atoms with Crippen molar-refractivity contribution in [1.29, 1.82) is 0 Å². The molecule has 10 nitrogen and oxygen atoms in total. The number of imide groups is 2. The van der Waals surface area contributed by atoms with E-state index in [0.717, 1.165) is 77.8 Å². The number of amides is 4. The number of likely N-dealkylation sites (tertiary alicyclic amines) is 2. The minimum absolute atomic E-state index is 0.0132. The molecule has 10 heteroatoms. The van der Waals surface area contributed by atoms with Crippen molar-refractivity contribution in [3.05, 3.63) is 0 Å². The summed E-state index contributed by atoms with van der Waals surface area (Å²) >= 11 is 0. The van der Waals surface area contributed by atoms with E-state index < -0.39 is 0 Å². The number of piperazine rings is 1. The van der Waals surface area contributed by atoms with Crippen LogP contribution < -0.4 is 0 Å². The molecule has 7 aliphatic heterocycles. The zero-order chi connectivity index (χ0) is 24.6. The Bertz CT molecular complexity index is 834. The molecule has 8 atom stereocenters. The van der Waals surface area contributed by atoms with Crippen molar-refractivity contribution < 1.29 is 28.7 Å². The highest BCUT2D eigenvalue weighted by Crippen LogP contribution is 2.49. The number of carbonyl (C=O) groups is 4. The lowest BCUT2D eigenvalue weighted by molar-refractivity contribution is -0.144. The fourth-order valence-corrected chi connectivity index (χ4v) is 8.13. The Kier molecular flexibility index (Phi) is 5.72. The standard InChI is InChI=1S/C26H36N4O6/c31-23-19-15-3-4-16(35-15)20(19)24(32)29(23)9-1-7-27-11-13-28(14-12-27)8-2-10-30-25(33)21-17-5-6-18(36-17)22(21)26(30)34/h15-22H,1-14H2/t15?,16?,17?,18?,19-,20+,21-,22+. The van der Waals surface area contributed by atoms with Gasteiger partial charge in [0.25, 0.3) is 0 Å². The molecule has 0 spiro atoms. The molecule has 0 aromatic rings. The molecule has 0 aliphatic carbocycles. The zero-order valence-corrected chi connectivity index (χ0v) is 20.8. The lowest BCUT2D eigenvalue weighted by Gasteiger charge is -2.35. The van der Waals surface area contributed by atoms with E-state index in [-0.39, 0.29) is 71.7 Å². The summed E-state index contributed by atoms with van der Waals surface area (Å²) in [5.74, 6) is -0.964. The number of carbonyl (C=O) groups excluding carboxylic acids is 4. The molecule has 7 aliphatic rings. The molecule has 36 heavy (non-hydrogen) atoms. The van der Waals surface area contributed by atoms with Gasteiger partial charge in [0.15, 0.2) is 0 Å². The van der Waals surface area contributed by atoms with E-state index in [2.05, 4.69) is 9.80 Å². The molecule has 4 amide bonds. The molecule has 4 unspecified atom stereocenters. The van der Waals surface area contributed by atoms with Crippen molar-refractivity contribution in [3.8, 4) is 0 Å². The molecule has 0 radical (unpaired) electrons.